The van der Waals surface area contributed by atoms with Crippen LogP contribution < -0.4 is 5.73 Å². The van der Waals surface area contributed by atoms with Gasteiger partial charge in [0.25, 0.3) is 0 Å². The summed E-state index contributed by atoms with van der Waals surface area (Å²) in [4.78, 5) is 5.74. The minimum Gasteiger partial charge on any atom is -0.383 e. The van der Waals surface area contributed by atoms with Gasteiger partial charge in [-0.1, -0.05) is 48.5 Å². The Labute approximate surface area is 141 Å². The third-order valence-corrected chi connectivity index (χ3v) is 4.33. The number of rotatable bonds is 4. The Morgan fingerprint density at radius 3 is 2.22 bits per heavy atom. The monoisotopic (exact) mass is 318 g/mol. The number of hydrogen-bond acceptors (Lipinski definition) is 2. The Balaban J connectivity index is 1.90. The minimum atomic E-state index is 0.527. The lowest BCUT2D eigenvalue weighted by molar-refractivity contribution is 1.40. The Kier molecular flexibility index (Phi) is 4.79. The van der Waals surface area contributed by atoms with Crippen LogP contribution in [0.1, 0.15) is 5.56 Å². The van der Waals surface area contributed by atoms with Crippen LogP contribution in [0.3, 0.4) is 0 Å². The van der Waals surface area contributed by atoms with E-state index in [1.54, 1.807) is 11.8 Å². The zero-order valence-electron chi connectivity index (χ0n) is 12.9. The molecule has 23 heavy (non-hydrogen) atoms. The molecule has 2 nitrogen and oxygen atoms in total. The van der Waals surface area contributed by atoms with Gasteiger partial charge in [0.15, 0.2) is 0 Å². The van der Waals surface area contributed by atoms with E-state index in [2.05, 4.69) is 47.6 Å². The molecule has 0 spiro atoms. The van der Waals surface area contributed by atoms with E-state index < -0.39 is 0 Å². The molecule has 0 bridgehead atoms. The molecule has 3 rings (SSSR count). The second kappa shape index (κ2) is 7.16. The first kappa shape index (κ1) is 15.4. The fourth-order valence-electron chi connectivity index (χ4n) is 2.35. The SMILES string of the molecule is CSc1ccc(N=C(N)c2cccc(-c3ccccc3)c2)cc1. The zero-order valence-corrected chi connectivity index (χ0v) is 13.8. The van der Waals surface area contributed by atoms with Crippen LogP contribution in [0.4, 0.5) is 5.69 Å². The third kappa shape index (κ3) is 3.82. The van der Waals surface area contributed by atoms with E-state index in [1.807, 2.05) is 42.5 Å². The fourth-order valence-corrected chi connectivity index (χ4v) is 2.76. The molecule has 2 N–H and O–H groups in total. The Morgan fingerprint density at radius 1 is 0.826 bits per heavy atom. The van der Waals surface area contributed by atoms with Crippen LogP contribution in [-0.4, -0.2) is 12.1 Å². The van der Waals surface area contributed by atoms with E-state index in [1.165, 1.54) is 10.5 Å². The quantitative estimate of drug-likeness (QED) is 0.412. The summed E-state index contributed by atoms with van der Waals surface area (Å²) in [7, 11) is 0. The van der Waals surface area contributed by atoms with Crippen LogP contribution >= 0.6 is 11.8 Å². The summed E-state index contributed by atoms with van der Waals surface area (Å²) in [5.74, 6) is 0.527. The van der Waals surface area contributed by atoms with Crippen molar-refractivity contribution in [2.45, 2.75) is 4.90 Å². The number of amidine groups is 1. The van der Waals surface area contributed by atoms with Crippen molar-refractivity contribution in [3.63, 3.8) is 0 Å². The molecule has 0 aliphatic heterocycles. The molecular formula is C20H18N2S. The Hall–Kier alpha value is -2.52. The van der Waals surface area contributed by atoms with Crippen molar-refractivity contribution in [2.75, 3.05) is 6.26 Å². The van der Waals surface area contributed by atoms with E-state index >= 15 is 0 Å². The topological polar surface area (TPSA) is 38.4 Å². The fraction of sp³-hybridized carbons (Fsp3) is 0.0500. The molecule has 3 aromatic carbocycles. The lowest BCUT2D eigenvalue weighted by Gasteiger charge is -2.06. The maximum absolute atomic E-state index is 6.19. The van der Waals surface area contributed by atoms with Gasteiger partial charge in [-0.25, -0.2) is 4.99 Å². The molecule has 0 fully saturated rings. The van der Waals surface area contributed by atoms with E-state index in [9.17, 15) is 0 Å². The van der Waals surface area contributed by atoms with Crippen LogP contribution in [0.25, 0.3) is 11.1 Å². The van der Waals surface area contributed by atoms with Crippen LogP contribution in [0.2, 0.25) is 0 Å². The average Bonchev–Trinajstić information content (AvgIpc) is 2.63. The zero-order chi connectivity index (χ0) is 16.1. The molecule has 0 radical (unpaired) electrons. The summed E-state index contributed by atoms with van der Waals surface area (Å²) >= 11 is 1.71. The van der Waals surface area contributed by atoms with Crippen molar-refractivity contribution >= 4 is 23.3 Å². The lowest BCUT2D eigenvalue weighted by atomic mass is 10.0. The van der Waals surface area contributed by atoms with Crippen LogP contribution in [0, 0.1) is 0 Å². The molecule has 0 atom stereocenters. The van der Waals surface area contributed by atoms with Gasteiger partial charge in [-0.05, 0) is 47.7 Å². The smallest absolute Gasteiger partial charge is 0.131 e. The second-order valence-electron chi connectivity index (χ2n) is 5.14. The first-order valence-electron chi connectivity index (χ1n) is 7.40. The molecule has 0 heterocycles. The summed E-state index contributed by atoms with van der Waals surface area (Å²) in [6, 6.07) is 26.5. The highest BCUT2D eigenvalue weighted by molar-refractivity contribution is 7.98. The van der Waals surface area contributed by atoms with Crippen LogP contribution in [0.15, 0.2) is 88.8 Å². The first-order chi connectivity index (χ1) is 11.3. The number of hydrogen-bond donors (Lipinski definition) is 1. The van der Waals surface area contributed by atoms with E-state index in [4.69, 9.17) is 5.73 Å². The maximum atomic E-state index is 6.19. The molecule has 0 aliphatic carbocycles. The van der Waals surface area contributed by atoms with Gasteiger partial charge in [-0.15, -0.1) is 11.8 Å². The van der Waals surface area contributed by atoms with Gasteiger partial charge in [0.2, 0.25) is 0 Å². The molecule has 3 heteroatoms. The molecule has 0 aliphatic rings. The number of nitrogens with two attached hydrogens (primary N) is 1. The van der Waals surface area contributed by atoms with Gasteiger partial charge in [-0.3, -0.25) is 0 Å². The summed E-state index contributed by atoms with van der Waals surface area (Å²) in [5, 5.41) is 0. The molecule has 114 valence electrons. The molecular weight excluding hydrogens is 300 g/mol. The molecule has 0 saturated carbocycles. The highest BCUT2D eigenvalue weighted by Gasteiger charge is 2.03. The van der Waals surface area contributed by atoms with Crippen LogP contribution in [0.5, 0.6) is 0 Å². The number of thioether (sulfide) groups is 1. The van der Waals surface area contributed by atoms with Crippen molar-refractivity contribution in [3.8, 4) is 11.1 Å². The Bertz CT molecular complexity index is 809. The van der Waals surface area contributed by atoms with Gasteiger partial charge >= 0.3 is 0 Å². The van der Waals surface area contributed by atoms with Gasteiger partial charge in [-0.2, -0.15) is 0 Å². The van der Waals surface area contributed by atoms with Gasteiger partial charge in [0.1, 0.15) is 5.84 Å². The largest absolute Gasteiger partial charge is 0.383 e. The third-order valence-electron chi connectivity index (χ3n) is 3.59. The molecule has 3 aromatic rings. The van der Waals surface area contributed by atoms with Gasteiger partial charge < -0.3 is 5.73 Å². The lowest BCUT2D eigenvalue weighted by Crippen LogP contribution is -2.12. The normalized spacial score (nSPS) is 11.4. The molecule has 0 saturated heterocycles. The van der Waals surface area contributed by atoms with Crippen molar-refractivity contribution < 1.29 is 0 Å². The second-order valence-corrected chi connectivity index (χ2v) is 6.02. The first-order valence-corrected chi connectivity index (χ1v) is 8.63. The molecule has 0 unspecified atom stereocenters. The van der Waals surface area contributed by atoms with Crippen molar-refractivity contribution in [3.05, 3.63) is 84.4 Å². The summed E-state index contributed by atoms with van der Waals surface area (Å²) < 4.78 is 0. The average molecular weight is 318 g/mol. The highest BCUT2D eigenvalue weighted by atomic mass is 32.2. The molecule has 0 aromatic heterocycles. The van der Waals surface area contributed by atoms with Gasteiger partial charge in [0, 0.05) is 10.5 Å². The summed E-state index contributed by atoms with van der Waals surface area (Å²) in [5.41, 5.74) is 10.3. The highest BCUT2D eigenvalue weighted by Crippen LogP contribution is 2.22. The maximum Gasteiger partial charge on any atom is 0.131 e. The van der Waals surface area contributed by atoms with Crippen molar-refractivity contribution in [1.82, 2.24) is 0 Å². The standard InChI is InChI=1S/C20H18N2S/c1-23-19-12-10-18(11-13-19)22-20(21)17-9-5-8-16(14-17)15-6-3-2-4-7-15/h2-14H,1H3,(H2,21,22). The van der Waals surface area contributed by atoms with E-state index in [0.717, 1.165) is 16.8 Å². The predicted octanol–water partition coefficient (Wildman–Crippen LogP) is 5.11. The minimum absolute atomic E-state index is 0.527. The number of aliphatic imine (C=N–C) groups is 1. The van der Waals surface area contributed by atoms with Crippen molar-refractivity contribution in [2.24, 2.45) is 10.7 Å². The number of benzene rings is 3. The van der Waals surface area contributed by atoms with Gasteiger partial charge in [0.05, 0.1) is 5.69 Å². The molecule has 0 amide bonds. The summed E-state index contributed by atoms with van der Waals surface area (Å²) in [6.07, 6.45) is 2.06. The Morgan fingerprint density at radius 2 is 1.52 bits per heavy atom. The predicted molar refractivity (Wildman–Crippen MR) is 100 cm³/mol. The van der Waals surface area contributed by atoms with Crippen LogP contribution in [-0.2, 0) is 0 Å². The van der Waals surface area contributed by atoms with E-state index in [-0.39, 0.29) is 0 Å². The number of nitrogens with zero attached hydrogens (tertiary/aromatic N) is 1. The van der Waals surface area contributed by atoms with Crippen molar-refractivity contribution in [1.29, 1.82) is 0 Å². The van der Waals surface area contributed by atoms with E-state index in [0.29, 0.717) is 5.84 Å². The summed E-state index contributed by atoms with van der Waals surface area (Å²) in [6.45, 7) is 0.